The molecule has 0 saturated carbocycles. The molecule has 0 aromatic carbocycles. The number of esters is 1. The zero-order chi connectivity index (χ0) is 14.0. The van der Waals surface area contributed by atoms with E-state index in [0.29, 0.717) is 22.8 Å². The number of nitrogens with zero attached hydrogens (tertiary/aromatic N) is 1. The molecule has 0 radical (unpaired) electrons. The SMILES string of the molecule is Cc1ocnc1COC(=O)c1csc(C(F)(F)F)c1. The van der Waals surface area contributed by atoms with Crippen LogP contribution in [0.2, 0.25) is 0 Å². The molecule has 0 aliphatic carbocycles. The number of oxazole rings is 1. The molecule has 0 bridgehead atoms. The van der Waals surface area contributed by atoms with Crippen LogP contribution < -0.4 is 0 Å². The fourth-order valence-electron chi connectivity index (χ4n) is 1.28. The van der Waals surface area contributed by atoms with Crippen molar-refractivity contribution in [2.75, 3.05) is 0 Å². The van der Waals surface area contributed by atoms with Crippen LogP contribution in [0.15, 0.2) is 22.3 Å². The Morgan fingerprint density at radius 3 is 2.79 bits per heavy atom. The summed E-state index contributed by atoms with van der Waals surface area (Å²) in [5.41, 5.74) is 0.304. The lowest BCUT2D eigenvalue weighted by Crippen LogP contribution is -2.06. The minimum absolute atomic E-state index is 0.126. The van der Waals surface area contributed by atoms with E-state index in [2.05, 4.69) is 4.98 Å². The van der Waals surface area contributed by atoms with E-state index in [0.717, 1.165) is 11.4 Å². The van der Waals surface area contributed by atoms with Gasteiger partial charge in [-0.2, -0.15) is 13.2 Å². The highest BCUT2D eigenvalue weighted by Gasteiger charge is 2.33. The Kier molecular flexibility index (Phi) is 3.61. The van der Waals surface area contributed by atoms with E-state index in [9.17, 15) is 18.0 Å². The molecular formula is C11H8F3NO3S. The highest BCUT2D eigenvalue weighted by molar-refractivity contribution is 7.10. The molecule has 2 rings (SSSR count). The highest BCUT2D eigenvalue weighted by atomic mass is 32.1. The molecule has 4 nitrogen and oxygen atoms in total. The van der Waals surface area contributed by atoms with Gasteiger partial charge >= 0.3 is 12.1 Å². The average molecular weight is 291 g/mol. The first kappa shape index (κ1) is 13.6. The topological polar surface area (TPSA) is 52.3 Å². The number of hydrogen-bond donors (Lipinski definition) is 0. The van der Waals surface area contributed by atoms with Crippen LogP contribution in [0.3, 0.4) is 0 Å². The number of thiophene rings is 1. The molecule has 0 fully saturated rings. The van der Waals surface area contributed by atoms with Crippen molar-refractivity contribution >= 4 is 17.3 Å². The molecule has 0 spiro atoms. The van der Waals surface area contributed by atoms with Gasteiger partial charge in [0.15, 0.2) is 6.39 Å². The van der Waals surface area contributed by atoms with Crippen molar-refractivity contribution in [1.29, 1.82) is 0 Å². The van der Waals surface area contributed by atoms with Gasteiger partial charge in [-0.25, -0.2) is 9.78 Å². The number of ether oxygens (including phenoxy) is 1. The first-order valence-electron chi connectivity index (χ1n) is 5.09. The van der Waals surface area contributed by atoms with E-state index in [4.69, 9.17) is 9.15 Å². The number of carbonyl (C=O) groups excluding carboxylic acids is 1. The summed E-state index contributed by atoms with van der Waals surface area (Å²) < 4.78 is 46.8. The normalized spacial score (nSPS) is 11.6. The Morgan fingerprint density at radius 2 is 2.26 bits per heavy atom. The monoisotopic (exact) mass is 291 g/mol. The molecule has 0 saturated heterocycles. The van der Waals surface area contributed by atoms with Crippen LogP contribution in [0.4, 0.5) is 13.2 Å². The Bertz CT molecular complexity index is 588. The average Bonchev–Trinajstić information content (AvgIpc) is 2.93. The van der Waals surface area contributed by atoms with Crippen LogP contribution in [0.1, 0.15) is 26.7 Å². The summed E-state index contributed by atoms with van der Waals surface area (Å²) in [6.07, 6.45) is -3.25. The van der Waals surface area contributed by atoms with Crippen molar-refractivity contribution in [2.45, 2.75) is 19.7 Å². The van der Waals surface area contributed by atoms with Crippen molar-refractivity contribution in [3.8, 4) is 0 Å². The van der Waals surface area contributed by atoms with Gasteiger partial charge in [0.05, 0.1) is 5.56 Å². The Morgan fingerprint density at radius 1 is 1.53 bits per heavy atom. The first-order valence-corrected chi connectivity index (χ1v) is 5.97. The van der Waals surface area contributed by atoms with Crippen LogP contribution in [0.25, 0.3) is 0 Å². The van der Waals surface area contributed by atoms with Gasteiger partial charge < -0.3 is 9.15 Å². The molecule has 19 heavy (non-hydrogen) atoms. The van der Waals surface area contributed by atoms with Gasteiger partial charge in [0.25, 0.3) is 0 Å². The van der Waals surface area contributed by atoms with Gasteiger partial charge in [0.1, 0.15) is 22.9 Å². The van der Waals surface area contributed by atoms with E-state index < -0.39 is 17.0 Å². The summed E-state index contributed by atoms with van der Waals surface area (Å²) >= 11 is 0.451. The second-order valence-electron chi connectivity index (χ2n) is 3.63. The number of carbonyl (C=O) groups is 1. The third kappa shape index (κ3) is 3.14. The molecule has 8 heteroatoms. The van der Waals surface area contributed by atoms with Crippen LogP contribution >= 0.6 is 11.3 Å². The van der Waals surface area contributed by atoms with E-state index in [1.54, 1.807) is 6.92 Å². The highest BCUT2D eigenvalue weighted by Crippen LogP contribution is 2.34. The number of aromatic nitrogens is 1. The summed E-state index contributed by atoms with van der Waals surface area (Å²) in [7, 11) is 0. The number of rotatable bonds is 3. The summed E-state index contributed by atoms with van der Waals surface area (Å²) in [4.78, 5) is 14.5. The lowest BCUT2D eigenvalue weighted by atomic mass is 10.3. The van der Waals surface area contributed by atoms with Crippen LogP contribution in [0.5, 0.6) is 0 Å². The number of aryl methyl sites for hydroxylation is 1. The smallest absolute Gasteiger partial charge is 0.425 e. The molecule has 2 aromatic rings. The van der Waals surface area contributed by atoms with Crippen molar-refractivity contribution in [2.24, 2.45) is 0 Å². The minimum Gasteiger partial charge on any atom is -0.455 e. The second kappa shape index (κ2) is 5.04. The predicted octanol–water partition coefficient (Wildman–Crippen LogP) is 3.42. The van der Waals surface area contributed by atoms with Crippen molar-refractivity contribution in [3.05, 3.63) is 39.7 Å². The van der Waals surface area contributed by atoms with E-state index >= 15 is 0 Å². The standard InChI is InChI=1S/C11H8F3NO3S/c1-6-8(15-5-18-6)3-17-10(16)7-2-9(19-4-7)11(12,13)14/h2,4-5H,3H2,1H3. The second-order valence-corrected chi connectivity index (χ2v) is 4.54. The first-order chi connectivity index (χ1) is 8.88. The fourth-order valence-corrected chi connectivity index (χ4v) is 2.02. The van der Waals surface area contributed by atoms with Gasteiger partial charge in [0.2, 0.25) is 0 Å². The molecule has 102 valence electrons. The molecule has 0 atom stereocenters. The molecule has 0 aliphatic rings. The zero-order valence-electron chi connectivity index (χ0n) is 9.65. The van der Waals surface area contributed by atoms with Gasteiger partial charge in [-0.1, -0.05) is 0 Å². The third-order valence-corrected chi connectivity index (χ3v) is 3.27. The van der Waals surface area contributed by atoms with Crippen molar-refractivity contribution < 1.29 is 27.1 Å². The molecule has 2 heterocycles. The largest absolute Gasteiger partial charge is 0.455 e. The van der Waals surface area contributed by atoms with Crippen molar-refractivity contribution in [1.82, 2.24) is 4.98 Å². The zero-order valence-corrected chi connectivity index (χ0v) is 10.5. The Hall–Kier alpha value is -1.83. The number of alkyl halides is 3. The molecular weight excluding hydrogens is 283 g/mol. The fraction of sp³-hybridized carbons (Fsp3) is 0.273. The lowest BCUT2D eigenvalue weighted by molar-refractivity contribution is -0.134. The van der Waals surface area contributed by atoms with E-state index in [1.165, 1.54) is 6.39 Å². The maximum absolute atomic E-state index is 12.4. The summed E-state index contributed by atoms with van der Waals surface area (Å²) in [6, 6.07) is 0.767. The maximum Gasteiger partial charge on any atom is 0.425 e. The Balaban J connectivity index is 2.01. The van der Waals surface area contributed by atoms with Crippen LogP contribution in [-0.4, -0.2) is 11.0 Å². The summed E-state index contributed by atoms with van der Waals surface area (Å²) in [6.45, 7) is 1.50. The third-order valence-electron chi connectivity index (χ3n) is 2.30. The van der Waals surface area contributed by atoms with Crippen LogP contribution in [0, 0.1) is 6.92 Å². The van der Waals surface area contributed by atoms with Crippen molar-refractivity contribution in [3.63, 3.8) is 0 Å². The lowest BCUT2D eigenvalue weighted by Gasteiger charge is -2.02. The van der Waals surface area contributed by atoms with Gasteiger partial charge in [-0.3, -0.25) is 0 Å². The van der Waals surface area contributed by atoms with Gasteiger partial charge in [-0.05, 0) is 13.0 Å². The number of hydrogen-bond acceptors (Lipinski definition) is 5. The van der Waals surface area contributed by atoms with E-state index in [-0.39, 0.29) is 12.2 Å². The quantitative estimate of drug-likeness (QED) is 0.813. The Labute approximate surface area is 109 Å². The number of halogens is 3. The van der Waals surface area contributed by atoms with E-state index in [1.807, 2.05) is 0 Å². The molecule has 0 aliphatic heterocycles. The maximum atomic E-state index is 12.4. The molecule has 0 unspecified atom stereocenters. The summed E-state index contributed by atoms with van der Waals surface area (Å²) in [5.74, 6) is -0.330. The predicted molar refractivity (Wildman–Crippen MR) is 59.7 cm³/mol. The molecule has 0 N–H and O–H groups in total. The van der Waals surface area contributed by atoms with Gasteiger partial charge in [0, 0.05) is 5.38 Å². The summed E-state index contributed by atoms with van der Waals surface area (Å²) in [5, 5.41) is 1.11. The molecule has 2 aromatic heterocycles. The molecule has 0 amide bonds. The van der Waals surface area contributed by atoms with Crippen LogP contribution in [-0.2, 0) is 17.5 Å². The van der Waals surface area contributed by atoms with Gasteiger partial charge in [-0.15, -0.1) is 11.3 Å². The minimum atomic E-state index is -4.45.